The van der Waals surface area contributed by atoms with Gasteiger partial charge in [-0.2, -0.15) is 0 Å². The molecule has 1 aliphatic rings. The Bertz CT molecular complexity index is 1170. The monoisotopic (exact) mass is 451 g/mol. The molecule has 0 amide bonds. The van der Waals surface area contributed by atoms with Gasteiger partial charge in [0.25, 0.3) is 5.56 Å². The molecule has 0 radical (unpaired) electrons. The number of rotatable bonds is 6. The Hall–Kier alpha value is -2.90. The summed E-state index contributed by atoms with van der Waals surface area (Å²) >= 11 is 5.75. The van der Waals surface area contributed by atoms with Crippen molar-refractivity contribution in [3.05, 3.63) is 69.5 Å². The number of methoxy groups -OCH3 is 1. The second kappa shape index (κ2) is 9.71. The average Bonchev–Trinajstić information content (AvgIpc) is 3.29. The van der Waals surface area contributed by atoms with Crippen molar-refractivity contribution < 1.29 is 9.47 Å². The third-order valence-corrected chi connectivity index (χ3v) is 6.33. The fourth-order valence-electron chi connectivity index (χ4n) is 3.98. The summed E-state index contributed by atoms with van der Waals surface area (Å²) in [4.78, 5) is 17.9. The van der Waals surface area contributed by atoms with Crippen LogP contribution in [0.15, 0.2) is 47.3 Å². The van der Waals surface area contributed by atoms with E-state index in [2.05, 4.69) is 23.3 Å². The van der Waals surface area contributed by atoms with Crippen LogP contribution in [0.1, 0.15) is 29.5 Å². The van der Waals surface area contributed by atoms with Crippen molar-refractivity contribution >= 4 is 33.9 Å². The van der Waals surface area contributed by atoms with Crippen molar-refractivity contribution in [3.8, 4) is 5.75 Å². The summed E-state index contributed by atoms with van der Waals surface area (Å²) in [5, 5.41) is 4.88. The molecule has 1 fully saturated rings. The molecule has 4 rings (SSSR count). The first kappa shape index (κ1) is 22.3. The third kappa shape index (κ3) is 5.11. The molecule has 0 spiro atoms. The number of benzene rings is 2. The summed E-state index contributed by atoms with van der Waals surface area (Å²) in [5.41, 5.74) is 4.66. The molecule has 0 aliphatic carbocycles. The number of aryl methyl sites for hydroxylation is 2. The van der Waals surface area contributed by atoms with Crippen LogP contribution in [0.2, 0.25) is 0 Å². The minimum atomic E-state index is -0.0923. The highest BCUT2D eigenvalue weighted by atomic mass is 32.1. The standard InChI is InChI=1S/C25H29N3O3S/c1-16-11-18-13-19(24(29)27-23(18)12-17(16)2)14-28(15-22-5-4-10-31-22)25(32)26-20-6-8-21(30-3)9-7-20/h6-9,11-13,22H,4-5,10,14-15H2,1-3H3,(H,26,32)(H,27,29)/t22-/m1/s1. The lowest BCUT2D eigenvalue weighted by atomic mass is 10.0. The van der Waals surface area contributed by atoms with E-state index in [1.165, 1.54) is 5.56 Å². The fraction of sp³-hybridized carbons (Fsp3) is 0.360. The Morgan fingerprint density at radius 2 is 1.97 bits per heavy atom. The van der Waals surface area contributed by atoms with Gasteiger partial charge in [0.15, 0.2) is 5.11 Å². The fourth-order valence-corrected chi connectivity index (χ4v) is 4.23. The zero-order chi connectivity index (χ0) is 22.7. The molecule has 7 heteroatoms. The highest BCUT2D eigenvalue weighted by Gasteiger charge is 2.22. The number of ether oxygens (including phenoxy) is 2. The average molecular weight is 452 g/mol. The van der Waals surface area contributed by atoms with Gasteiger partial charge in [-0.05, 0) is 97.9 Å². The van der Waals surface area contributed by atoms with Crippen molar-refractivity contribution in [2.75, 3.05) is 25.6 Å². The van der Waals surface area contributed by atoms with Crippen LogP contribution < -0.4 is 15.6 Å². The molecule has 32 heavy (non-hydrogen) atoms. The van der Waals surface area contributed by atoms with Gasteiger partial charge in [-0.3, -0.25) is 4.79 Å². The van der Waals surface area contributed by atoms with E-state index in [0.717, 1.165) is 47.4 Å². The van der Waals surface area contributed by atoms with Gasteiger partial charge in [-0.25, -0.2) is 0 Å². The van der Waals surface area contributed by atoms with Gasteiger partial charge >= 0.3 is 0 Å². The molecule has 6 nitrogen and oxygen atoms in total. The second-order valence-electron chi connectivity index (χ2n) is 8.32. The molecule has 1 atom stereocenters. The van der Waals surface area contributed by atoms with Crippen LogP contribution in [0.3, 0.4) is 0 Å². The maximum atomic E-state index is 12.9. The first-order valence-corrected chi connectivity index (χ1v) is 11.3. The van der Waals surface area contributed by atoms with Crippen molar-refractivity contribution in [2.24, 2.45) is 0 Å². The number of nitrogens with one attached hydrogen (secondary N) is 2. The molecule has 168 valence electrons. The highest BCUT2D eigenvalue weighted by Crippen LogP contribution is 2.20. The van der Waals surface area contributed by atoms with Crippen LogP contribution in [0.5, 0.6) is 5.75 Å². The highest BCUT2D eigenvalue weighted by molar-refractivity contribution is 7.80. The lowest BCUT2D eigenvalue weighted by Gasteiger charge is -2.28. The lowest BCUT2D eigenvalue weighted by molar-refractivity contribution is 0.0904. The third-order valence-electron chi connectivity index (χ3n) is 5.97. The normalized spacial score (nSPS) is 15.7. The second-order valence-corrected chi connectivity index (χ2v) is 8.71. The lowest BCUT2D eigenvalue weighted by Crippen LogP contribution is -2.40. The van der Waals surface area contributed by atoms with Crippen molar-refractivity contribution in [1.82, 2.24) is 9.88 Å². The van der Waals surface area contributed by atoms with E-state index in [-0.39, 0.29) is 11.7 Å². The van der Waals surface area contributed by atoms with Crippen LogP contribution in [-0.4, -0.2) is 41.4 Å². The van der Waals surface area contributed by atoms with Gasteiger partial charge in [0.1, 0.15) is 5.75 Å². The number of hydrogen-bond donors (Lipinski definition) is 2. The van der Waals surface area contributed by atoms with Crippen molar-refractivity contribution in [2.45, 2.75) is 39.3 Å². The van der Waals surface area contributed by atoms with E-state index in [0.29, 0.717) is 23.8 Å². The number of fused-ring (bicyclic) bond motifs is 1. The number of nitrogens with zero attached hydrogens (tertiary/aromatic N) is 1. The summed E-state index contributed by atoms with van der Waals surface area (Å²) < 4.78 is 11.1. The molecular weight excluding hydrogens is 422 g/mol. The minimum Gasteiger partial charge on any atom is -0.497 e. The van der Waals surface area contributed by atoms with E-state index >= 15 is 0 Å². The summed E-state index contributed by atoms with van der Waals surface area (Å²) in [6.45, 7) is 5.93. The maximum absolute atomic E-state index is 12.9. The molecule has 0 unspecified atom stereocenters. The number of pyridine rings is 1. The van der Waals surface area contributed by atoms with Gasteiger partial charge in [0.2, 0.25) is 0 Å². The maximum Gasteiger partial charge on any atom is 0.253 e. The summed E-state index contributed by atoms with van der Waals surface area (Å²) in [5.74, 6) is 0.783. The molecule has 2 aromatic carbocycles. The molecule has 0 bridgehead atoms. The smallest absolute Gasteiger partial charge is 0.253 e. The molecular formula is C25H29N3O3S. The number of hydrogen-bond acceptors (Lipinski definition) is 4. The molecule has 1 aromatic heterocycles. The Labute approximate surface area is 193 Å². The predicted octanol–water partition coefficient (Wildman–Crippen LogP) is 4.53. The SMILES string of the molecule is COc1ccc(NC(=S)N(Cc2cc3cc(C)c(C)cc3[nH]c2=O)C[C@H]2CCCO2)cc1. The molecule has 1 aliphatic heterocycles. The minimum absolute atomic E-state index is 0.0923. The Balaban J connectivity index is 1.59. The molecule has 2 N–H and O–H groups in total. The zero-order valence-corrected chi connectivity index (χ0v) is 19.6. The summed E-state index contributed by atoms with van der Waals surface area (Å²) in [6, 6.07) is 13.7. The van der Waals surface area contributed by atoms with Gasteiger partial charge in [0.05, 0.1) is 19.8 Å². The van der Waals surface area contributed by atoms with Crippen LogP contribution in [0.4, 0.5) is 5.69 Å². The molecule has 1 saturated heterocycles. The van der Waals surface area contributed by atoms with Crippen LogP contribution in [0, 0.1) is 13.8 Å². The van der Waals surface area contributed by atoms with Crippen molar-refractivity contribution in [3.63, 3.8) is 0 Å². The largest absolute Gasteiger partial charge is 0.497 e. The quantitative estimate of drug-likeness (QED) is 0.537. The topological polar surface area (TPSA) is 66.6 Å². The van der Waals surface area contributed by atoms with Gasteiger partial charge in [-0.15, -0.1) is 0 Å². The number of H-pyrrole nitrogens is 1. The van der Waals surface area contributed by atoms with Crippen LogP contribution in [-0.2, 0) is 11.3 Å². The zero-order valence-electron chi connectivity index (χ0n) is 18.7. The van der Waals surface area contributed by atoms with Gasteiger partial charge in [0, 0.05) is 29.9 Å². The van der Waals surface area contributed by atoms with E-state index in [9.17, 15) is 4.79 Å². The molecule has 0 saturated carbocycles. The Kier molecular flexibility index (Phi) is 6.77. The Morgan fingerprint density at radius 3 is 2.66 bits per heavy atom. The molecule has 3 aromatic rings. The number of aromatic amines is 1. The predicted molar refractivity (Wildman–Crippen MR) is 133 cm³/mol. The van der Waals surface area contributed by atoms with Crippen molar-refractivity contribution in [1.29, 1.82) is 0 Å². The van der Waals surface area contributed by atoms with E-state index < -0.39 is 0 Å². The number of thiocarbonyl (C=S) groups is 1. The first-order valence-electron chi connectivity index (χ1n) is 10.9. The van der Waals surface area contributed by atoms with E-state index in [4.69, 9.17) is 21.7 Å². The van der Waals surface area contributed by atoms with Gasteiger partial charge in [-0.1, -0.05) is 0 Å². The van der Waals surface area contributed by atoms with Crippen LogP contribution in [0.25, 0.3) is 10.9 Å². The Morgan fingerprint density at radius 1 is 1.22 bits per heavy atom. The van der Waals surface area contributed by atoms with Crippen LogP contribution >= 0.6 is 12.2 Å². The number of anilines is 1. The van der Waals surface area contributed by atoms with E-state index in [1.807, 2.05) is 48.2 Å². The summed E-state index contributed by atoms with van der Waals surface area (Å²) in [7, 11) is 1.64. The number of aromatic nitrogens is 1. The first-order chi connectivity index (χ1) is 15.4. The van der Waals surface area contributed by atoms with Gasteiger partial charge < -0.3 is 24.7 Å². The van der Waals surface area contributed by atoms with E-state index in [1.54, 1.807) is 7.11 Å². The summed E-state index contributed by atoms with van der Waals surface area (Å²) in [6.07, 6.45) is 2.15. The molecule has 2 heterocycles.